The first-order valence-electron chi connectivity index (χ1n) is 8.36. The van der Waals surface area contributed by atoms with Gasteiger partial charge in [-0.25, -0.2) is 14.8 Å². The summed E-state index contributed by atoms with van der Waals surface area (Å²) in [6, 6.07) is -0.0567. The number of aromatic nitrogens is 2. The van der Waals surface area contributed by atoms with Gasteiger partial charge in [-0.15, -0.1) is 0 Å². The van der Waals surface area contributed by atoms with E-state index in [1.807, 2.05) is 4.90 Å². The molecule has 23 heavy (non-hydrogen) atoms. The maximum Gasteiger partial charge on any atom is 0.321 e. The average Bonchev–Trinajstić information content (AvgIpc) is 2.95. The van der Waals surface area contributed by atoms with E-state index in [2.05, 4.69) is 54.9 Å². The Morgan fingerprint density at radius 1 is 1.39 bits per heavy atom. The Kier molecular flexibility index (Phi) is 5.57. The third kappa shape index (κ3) is 4.89. The highest BCUT2D eigenvalue weighted by molar-refractivity contribution is 5.89. The number of amides is 2. The van der Waals surface area contributed by atoms with Gasteiger partial charge in [0.25, 0.3) is 0 Å². The smallest absolute Gasteiger partial charge is 0.321 e. The lowest BCUT2D eigenvalue weighted by Crippen LogP contribution is -2.34. The lowest BCUT2D eigenvalue weighted by atomic mass is 9.96. The molecule has 1 aliphatic rings. The highest BCUT2D eigenvalue weighted by Gasteiger charge is 2.27. The number of nitrogens with one attached hydrogen (secondary N) is 1. The maximum absolute atomic E-state index is 12.3. The molecule has 1 N–H and O–H groups in total. The molecule has 6 nitrogen and oxygen atoms in total. The van der Waals surface area contributed by atoms with Crippen molar-refractivity contribution < 1.29 is 4.79 Å². The zero-order chi connectivity index (χ0) is 17.0. The van der Waals surface area contributed by atoms with Gasteiger partial charge >= 0.3 is 6.03 Å². The topological polar surface area (TPSA) is 61.4 Å². The molecule has 0 unspecified atom stereocenters. The second-order valence-corrected chi connectivity index (χ2v) is 7.43. The molecule has 1 atom stereocenters. The van der Waals surface area contributed by atoms with Crippen molar-refractivity contribution in [1.82, 2.24) is 19.8 Å². The number of urea groups is 1. The predicted molar refractivity (Wildman–Crippen MR) is 92.6 cm³/mol. The quantitative estimate of drug-likeness (QED) is 0.926. The maximum atomic E-state index is 12.3. The minimum absolute atomic E-state index is 0.0567. The fraction of sp³-hybridized carbons (Fsp3) is 0.706. The van der Waals surface area contributed by atoms with E-state index in [1.165, 1.54) is 0 Å². The first kappa shape index (κ1) is 17.7. The van der Waals surface area contributed by atoms with Gasteiger partial charge in [-0.05, 0) is 25.9 Å². The summed E-state index contributed by atoms with van der Waals surface area (Å²) in [5, 5.41) is 2.90. The van der Waals surface area contributed by atoms with E-state index in [0.717, 1.165) is 38.4 Å². The van der Waals surface area contributed by atoms with Crippen molar-refractivity contribution >= 4 is 11.7 Å². The summed E-state index contributed by atoms with van der Waals surface area (Å²) in [6.07, 6.45) is 4.44. The molecule has 2 heterocycles. The van der Waals surface area contributed by atoms with Crippen LogP contribution in [0.4, 0.5) is 10.5 Å². The summed E-state index contributed by atoms with van der Waals surface area (Å²) < 4.78 is 0. The molecule has 0 spiro atoms. The summed E-state index contributed by atoms with van der Waals surface area (Å²) in [6.45, 7) is 12.1. The van der Waals surface area contributed by atoms with Crippen LogP contribution in [-0.4, -0.2) is 59.0 Å². The number of hydrogen-bond donors (Lipinski definition) is 1. The molecule has 1 fully saturated rings. The minimum Gasteiger partial charge on any atom is -0.324 e. The van der Waals surface area contributed by atoms with Crippen LogP contribution < -0.4 is 5.32 Å². The fourth-order valence-corrected chi connectivity index (χ4v) is 2.72. The van der Waals surface area contributed by atoms with Crippen LogP contribution in [0.15, 0.2) is 12.4 Å². The van der Waals surface area contributed by atoms with Gasteiger partial charge in [-0.2, -0.15) is 0 Å². The number of rotatable bonds is 4. The molecule has 0 aliphatic carbocycles. The monoisotopic (exact) mass is 319 g/mol. The van der Waals surface area contributed by atoms with Gasteiger partial charge in [-0.3, -0.25) is 0 Å². The molecule has 1 aromatic rings. The SMILES string of the molecule is CCN(C)C[C@@H]1CCN(C(=O)Nc2cnc(C(C)(C)C)nc2)C1. The van der Waals surface area contributed by atoms with Crippen LogP contribution in [0.3, 0.4) is 0 Å². The van der Waals surface area contributed by atoms with Crippen LogP contribution in [-0.2, 0) is 5.41 Å². The fourth-order valence-electron chi connectivity index (χ4n) is 2.72. The van der Waals surface area contributed by atoms with Crippen molar-refractivity contribution in [1.29, 1.82) is 0 Å². The minimum atomic E-state index is -0.0873. The van der Waals surface area contributed by atoms with Gasteiger partial charge in [-0.1, -0.05) is 27.7 Å². The Morgan fingerprint density at radius 2 is 2.04 bits per heavy atom. The molecule has 0 radical (unpaired) electrons. The molecular weight excluding hydrogens is 290 g/mol. The number of anilines is 1. The van der Waals surface area contributed by atoms with Crippen LogP contribution >= 0.6 is 0 Å². The number of carbonyl (C=O) groups is 1. The van der Waals surface area contributed by atoms with Crippen molar-refractivity contribution in [3.05, 3.63) is 18.2 Å². The molecule has 6 heteroatoms. The van der Waals surface area contributed by atoms with E-state index in [0.29, 0.717) is 11.6 Å². The Bertz CT molecular complexity index is 523. The first-order valence-corrected chi connectivity index (χ1v) is 8.36. The summed E-state index contributed by atoms with van der Waals surface area (Å²) in [7, 11) is 2.12. The van der Waals surface area contributed by atoms with Crippen molar-refractivity contribution in [2.75, 3.05) is 38.5 Å². The van der Waals surface area contributed by atoms with E-state index in [4.69, 9.17) is 0 Å². The Labute approximate surface area is 139 Å². The second-order valence-electron chi connectivity index (χ2n) is 7.43. The van der Waals surface area contributed by atoms with E-state index in [1.54, 1.807) is 12.4 Å². The molecule has 2 rings (SSSR count). The summed E-state index contributed by atoms with van der Waals surface area (Å²) in [4.78, 5) is 25.2. The van der Waals surface area contributed by atoms with E-state index >= 15 is 0 Å². The Morgan fingerprint density at radius 3 is 2.61 bits per heavy atom. The molecule has 1 aliphatic heterocycles. The van der Waals surface area contributed by atoms with Gasteiger partial charge in [0.1, 0.15) is 5.82 Å². The normalized spacial score (nSPS) is 18.5. The van der Waals surface area contributed by atoms with Crippen LogP contribution in [0.2, 0.25) is 0 Å². The molecule has 128 valence electrons. The lowest BCUT2D eigenvalue weighted by molar-refractivity contribution is 0.218. The number of likely N-dealkylation sites (tertiary alicyclic amines) is 1. The summed E-state index contributed by atoms with van der Waals surface area (Å²) >= 11 is 0. The largest absolute Gasteiger partial charge is 0.324 e. The van der Waals surface area contributed by atoms with Crippen LogP contribution in [0.5, 0.6) is 0 Å². The zero-order valence-electron chi connectivity index (χ0n) is 15.0. The van der Waals surface area contributed by atoms with E-state index in [-0.39, 0.29) is 11.4 Å². The van der Waals surface area contributed by atoms with Crippen molar-refractivity contribution in [2.24, 2.45) is 5.92 Å². The third-order valence-electron chi connectivity index (χ3n) is 4.26. The van der Waals surface area contributed by atoms with Crippen LogP contribution in [0, 0.1) is 5.92 Å². The zero-order valence-corrected chi connectivity index (χ0v) is 15.0. The van der Waals surface area contributed by atoms with Crippen LogP contribution in [0.1, 0.15) is 39.9 Å². The van der Waals surface area contributed by atoms with Crippen molar-refractivity contribution in [3.8, 4) is 0 Å². The average molecular weight is 319 g/mol. The third-order valence-corrected chi connectivity index (χ3v) is 4.26. The Balaban J connectivity index is 1.88. The second kappa shape index (κ2) is 7.25. The Hall–Kier alpha value is -1.69. The predicted octanol–water partition coefficient (Wildman–Crippen LogP) is 2.58. The number of nitrogens with zero attached hydrogens (tertiary/aromatic N) is 4. The molecule has 1 saturated heterocycles. The summed E-state index contributed by atoms with van der Waals surface area (Å²) in [5.41, 5.74) is 0.563. The highest BCUT2D eigenvalue weighted by Crippen LogP contribution is 2.20. The van der Waals surface area contributed by atoms with E-state index in [9.17, 15) is 4.79 Å². The van der Waals surface area contributed by atoms with Gasteiger partial charge < -0.3 is 15.1 Å². The molecule has 0 saturated carbocycles. The first-order chi connectivity index (χ1) is 10.8. The van der Waals surface area contributed by atoms with Crippen LogP contribution in [0.25, 0.3) is 0 Å². The van der Waals surface area contributed by atoms with Gasteiger partial charge in [0.05, 0.1) is 18.1 Å². The number of hydrogen-bond acceptors (Lipinski definition) is 4. The van der Waals surface area contributed by atoms with Crippen molar-refractivity contribution in [3.63, 3.8) is 0 Å². The highest BCUT2D eigenvalue weighted by atomic mass is 16.2. The van der Waals surface area contributed by atoms with Crippen molar-refractivity contribution in [2.45, 2.75) is 39.5 Å². The molecule has 0 aromatic carbocycles. The molecule has 1 aromatic heterocycles. The molecule has 0 bridgehead atoms. The van der Waals surface area contributed by atoms with Gasteiger partial charge in [0, 0.05) is 25.0 Å². The lowest BCUT2D eigenvalue weighted by Gasteiger charge is -2.20. The standard InChI is InChI=1S/C17H29N5O/c1-6-21(5)11-13-7-8-22(12-13)16(23)20-14-9-18-15(19-10-14)17(2,3)4/h9-10,13H,6-8,11-12H2,1-5H3,(H,20,23)/t13-/m0/s1. The van der Waals surface area contributed by atoms with Gasteiger partial charge in [0.15, 0.2) is 0 Å². The van der Waals surface area contributed by atoms with Gasteiger partial charge in [0.2, 0.25) is 0 Å². The van der Waals surface area contributed by atoms with E-state index < -0.39 is 0 Å². The summed E-state index contributed by atoms with van der Waals surface area (Å²) in [5.74, 6) is 1.34. The molecular formula is C17H29N5O. The molecule has 2 amide bonds. The number of carbonyl (C=O) groups excluding carboxylic acids is 1.